The van der Waals surface area contributed by atoms with Gasteiger partial charge in [0.1, 0.15) is 5.82 Å². The van der Waals surface area contributed by atoms with Crippen LogP contribution >= 0.6 is 0 Å². The van der Waals surface area contributed by atoms with Gasteiger partial charge in [0.15, 0.2) is 0 Å². The minimum Gasteiger partial charge on any atom is -0.310 e. The Labute approximate surface area is 96.2 Å². The first kappa shape index (κ1) is 12.7. The van der Waals surface area contributed by atoms with Crippen molar-refractivity contribution in [2.75, 3.05) is 12.4 Å². The van der Waals surface area contributed by atoms with Gasteiger partial charge < -0.3 is 10.6 Å². The number of nitrogens with one attached hydrogen (secondary N) is 2. The molecule has 0 saturated heterocycles. The number of aromatic nitrogens is 2. The number of likely N-dealkylation sites (N-methyl/N-ethyl adjacent to an activating group) is 1. The van der Waals surface area contributed by atoms with E-state index in [0.29, 0.717) is 0 Å². The van der Waals surface area contributed by atoms with Gasteiger partial charge in [0, 0.05) is 13.1 Å². The zero-order valence-corrected chi connectivity index (χ0v) is 10.5. The van der Waals surface area contributed by atoms with E-state index in [4.69, 9.17) is 0 Å². The van der Waals surface area contributed by atoms with Crippen LogP contribution in [0.25, 0.3) is 0 Å². The zero-order chi connectivity index (χ0) is 12.3. The van der Waals surface area contributed by atoms with Crippen LogP contribution in [-0.2, 0) is 11.8 Å². The fourth-order valence-corrected chi connectivity index (χ4v) is 1.70. The number of hydrogen-bond acceptors (Lipinski definition) is 3. The maximum absolute atomic E-state index is 11.9. The highest BCUT2D eigenvalue weighted by atomic mass is 16.2. The molecule has 0 aromatic carbocycles. The first-order valence-corrected chi connectivity index (χ1v) is 5.44. The minimum absolute atomic E-state index is 0.0273. The number of carbonyl (C=O) groups is 1. The molecular weight excluding hydrogens is 204 g/mol. The molecule has 0 radical (unpaired) electrons. The standard InChI is InChI=1S/C11H20N4O/c1-7(2)10(12-4)11(16)13-9-6-8(3)14-15(9)5/h6-7,10,12H,1-5H3,(H,13,16). The van der Waals surface area contributed by atoms with E-state index in [2.05, 4.69) is 15.7 Å². The molecule has 5 nitrogen and oxygen atoms in total. The third-order valence-corrected chi connectivity index (χ3v) is 2.51. The molecule has 1 atom stereocenters. The van der Waals surface area contributed by atoms with Crippen molar-refractivity contribution in [2.45, 2.75) is 26.8 Å². The van der Waals surface area contributed by atoms with Crippen molar-refractivity contribution in [1.29, 1.82) is 0 Å². The summed E-state index contributed by atoms with van der Waals surface area (Å²) in [6, 6.07) is 1.67. The second kappa shape index (κ2) is 5.12. The van der Waals surface area contributed by atoms with Crippen LogP contribution in [0.3, 0.4) is 0 Å². The summed E-state index contributed by atoms with van der Waals surface area (Å²) in [6.07, 6.45) is 0. The molecule has 0 saturated carbocycles. The SMILES string of the molecule is CNC(C(=O)Nc1cc(C)nn1C)C(C)C. The maximum atomic E-state index is 11.9. The van der Waals surface area contributed by atoms with Gasteiger partial charge in [-0.05, 0) is 19.9 Å². The molecule has 0 spiro atoms. The van der Waals surface area contributed by atoms with Crippen molar-refractivity contribution in [1.82, 2.24) is 15.1 Å². The summed E-state index contributed by atoms with van der Waals surface area (Å²) in [5.74, 6) is 0.947. The van der Waals surface area contributed by atoms with Crippen LogP contribution in [0.15, 0.2) is 6.07 Å². The molecule has 2 N–H and O–H groups in total. The lowest BCUT2D eigenvalue weighted by molar-refractivity contribution is -0.119. The molecule has 1 aromatic rings. The fourth-order valence-electron chi connectivity index (χ4n) is 1.70. The van der Waals surface area contributed by atoms with E-state index in [1.54, 1.807) is 11.7 Å². The first-order chi connectivity index (χ1) is 7.45. The Bertz CT molecular complexity index is 370. The van der Waals surface area contributed by atoms with Gasteiger partial charge in [-0.25, -0.2) is 0 Å². The van der Waals surface area contributed by atoms with Crippen molar-refractivity contribution in [2.24, 2.45) is 13.0 Å². The van der Waals surface area contributed by atoms with Gasteiger partial charge in [0.2, 0.25) is 5.91 Å². The van der Waals surface area contributed by atoms with Crippen molar-refractivity contribution in [3.63, 3.8) is 0 Å². The summed E-state index contributed by atoms with van der Waals surface area (Å²) in [6.45, 7) is 5.91. The normalized spacial score (nSPS) is 12.9. The Kier molecular flexibility index (Phi) is 4.06. The lowest BCUT2D eigenvalue weighted by Crippen LogP contribution is -2.42. The van der Waals surface area contributed by atoms with E-state index in [-0.39, 0.29) is 17.9 Å². The summed E-state index contributed by atoms with van der Waals surface area (Å²) in [5.41, 5.74) is 0.892. The number of carbonyl (C=O) groups excluding carboxylic acids is 1. The van der Waals surface area contributed by atoms with Gasteiger partial charge in [-0.2, -0.15) is 5.10 Å². The molecule has 1 rings (SSSR count). The van der Waals surface area contributed by atoms with E-state index in [1.165, 1.54) is 0 Å². The van der Waals surface area contributed by atoms with Crippen LogP contribution in [0, 0.1) is 12.8 Å². The highest BCUT2D eigenvalue weighted by molar-refractivity contribution is 5.94. The second-order valence-electron chi connectivity index (χ2n) is 4.29. The van der Waals surface area contributed by atoms with Crippen molar-refractivity contribution in [3.8, 4) is 0 Å². The van der Waals surface area contributed by atoms with Gasteiger partial charge in [0.25, 0.3) is 0 Å². The predicted molar refractivity (Wildman–Crippen MR) is 64.3 cm³/mol. The van der Waals surface area contributed by atoms with Crippen LogP contribution in [0.5, 0.6) is 0 Å². The lowest BCUT2D eigenvalue weighted by Gasteiger charge is -2.19. The van der Waals surface area contributed by atoms with Crippen LogP contribution in [0.1, 0.15) is 19.5 Å². The average Bonchev–Trinajstić information content (AvgIpc) is 2.45. The number of anilines is 1. The van der Waals surface area contributed by atoms with Crippen LogP contribution in [0.2, 0.25) is 0 Å². The van der Waals surface area contributed by atoms with Crippen molar-refractivity contribution in [3.05, 3.63) is 11.8 Å². The number of nitrogens with zero attached hydrogens (tertiary/aromatic N) is 2. The summed E-state index contributed by atoms with van der Waals surface area (Å²) in [4.78, 5) is 11.9. The molecule has 1 heterocycles. The van der Waals surface area contributed by atoms with Gasteiger partial charge in [-0.1, -0.05) is 13.8 Å². The molecule has 5 heteroatoms. The molecule has 0 bridgehead atoms. The Morgan fingerprint density at radius 1 is 1.50 bits per heavy atom. The highest BCUT2D eigenvalue weighted by Gasteiger charge is 2.20. The maximum Gasteiger partial charge on any atom is 0.242 e. The monoisotopic (exact) mass is 224 g/mol. The summed E-state index contributed by atoms with van der Waals surface area (Å²) in [7, 11) is 3.60. The molecule has 0 aliphatic carbocycles. The number of hydrogen-bond donors (Lipinski definition) is 2. The lowest BCUT2D eigenvalue weighted by atomic mass is 10.0. The first-order valence-electron chi connectivity index (χ1n) is 5.44. The molecule has 0 fully saturated rings. The van der Waals surface area contributed by atoms with Gasteiger partial charge in [-0.3, -0.25) is 9.48 Å². The molecule has 1 amide bonds. The van der Waals surface area contributed by atoms with E-state index < -0.39 is 0 Å². The molecule has 1 unspecified atom stereocenters. The molecule has 1 aromatic heterocycles. The van der Waals surface area contributed by atoms with Crippen molar-refractivity contribution >= 4 is 11.7 Å². The summed E-state index contributed by atoms with van der Waals surface area (Å²) in [5, 5.41) is 10.0. The largest absolute Gasteiger partial charge is 0.310 e. The topological polar surface area (TPSA) is 59.0 Å². The smallest absolute Gasteiger partial charge is 0.242 e. The van der Waals surface area contributed by atoms with E-state index >= 15 is 0 Å². The van der Waals surface area contributed by atoms with Crippen LogP contribution in [-0.4, -0.2) is 28.8 Å². The second-order valence-corrected chi connectivity index (χ2v) is 4.29. The predicted octanol–water partition coefficient (Wildman–Crippen LogP) is 0.911. The van der Waals surface area contributed by atoms with Crippen LogP contribution < -0.4 is 10.6 Å². The third kappa shape index (κ3) is 2.82. The van der Waals surface area contributed by atoms with Gasteiger partial charge in [-0.15, -0.1) is 0 Å². The minimum atomic E-state index is -0.185. The third-order valence-electron chi connectivity index (χ3n) is 2.51. The van der Waals surface area contributed by atoms with E-state index in [1.807, 2.05) is 33.9 Å². The number of rotatable bonds is 4. The zero-order valence-electron chi connectivity index (χ0n) is 10.5. The Morgan fingerprint density at radius 3 is 2.50 bits per heavy atom. The molecule has 16 heavy (non-hydrogen) atoms. The molecule has 0 aliphatic heterocycles. The molecular formula is C11H20N4O. The Hall–Kier alpha value is -1.36. The van der Waals surface area contributed by atoms with Crippen LogP contribution in [0.4, 0.5) is 5.82 Å². The van der Waals surface area contributed by atoms with Crippen molar-refractivity contribution < 1.29 is 4.79 Å². The molecule has 0 aliphatic rings. The summed E-state index contributed by atoms with van der Waals surface area (Å²) < 4.78 is 1.67. The Morgan fingerprint density at radius 2 is 2.12 bits per heavy atom. The number of aryl methyl sites for hydroxylation is 2. The quantitative estimate of drug-likeness (QED) is 0.799. The molecule has 90 valence electrons. The van der Waals surface area contributed by atoms with Gasteiger partial charge >= 0.3 is 0 Å². The fraction of sp³-hybridized carbons (Fsp3) is 0.636. The summed E-state index contributed by atoms with van der Waals surface area (Å²) >= 11 is 0. The average molecular weight is 224 g/mol. The van der Waals surface area contributed by atoms with E-state index in [9.17, 15) is 4.79 Å². The van der Waals surface area contributed by atoms with Gasteiger partial charge in [0.05, 0.1) is 11.7 Å². The highest BCUT2D eigenvalue weighted by Crippen LogP contribution is 2.10. The number of amides is 1. The Balaban J connectivity index is 2.74. The van der Waals surface area contributed by atoms with E-state index in [0.717, 1.165) is 11.5 Å².